The third-order valence-electron chi connectivity index (χ3n) is 3.37. The van der Waals surface area contributed by atoms with Gasteiger partial charge >= 0.3 is 12.0 Å². The molecule has 18 heavy (non-hydrogen) atoms. The molecule has 1 fully saturated rings. The second-order valence-corrected chi connectivity index (χ2v) is 4.87. The normalized spacial score (nSPS) is 17.4. The molecule has 1 saturated carbocycles. The lowest BCUT2D eigenvalue weighted by Gasteiger charge is -2.15. The van der Waals surface area contributed by atoms with Crippen molar-refractivity contribution in [1.29, 1.82) is 0 Å². The second kappa shape index (κ2) is 4.01. The molecule has 5 heteroatoms. The number of carboxylic acid groups (broad SMARTS) is 1. The van der Waals surface area contributed by atoms with Crippen LogP contribution in [0.15, 0.2) is 18.2 Å². The average molecular weight is 246 g/mol. The largest absolute Gasteiger partial charge is 0.478 e. The molecule has 2 aliphatic rings. The van der Waals surface area contributed by atoms with Crippen LogP contribution in [0.1, 0.15) is 34.3 Å². The first-order chi connectivity index (χ1) is 8.63. The molecule has 2 amide bonds. The van der Waals surface area contributed by atoms with Gasteiger partial charge in [-0.05, 0) is 36.1 Å². The molecule has 1 aromatic rings. The van der Waals surface area contributed by atoms with E-state index in [1.165, 1.54) is 0 Å². The van der Waals surface area contributed by atoms with Gasteiger partial charge in [-0.1, -0.05) is 6.07 Å². The fourth-order valence-electron chi connectivity index (χ4n) is 2.16. The van der Waals surface area contributed by atoms with Gasteiger partial charge in [-0.3, -0.25) is 0 Å². The maximum Gasteiger partial charge on any atom is 0.335 e. The van der Waals surface area contributed by atoms with Crippen LogP contribution in [0.2, 0.25) is 0 Å². The predicted molar refractivity (Wildman–Crippen MR) is 64.2 cm³/mol. The number of hydrogen-bond donors (Lipinski definition) is 2. The molecule has 5 nitrogen and oxygen atoms in total. The number of nitrogens with one attached hydrogen (secondary N) is 1. The molecule has 0 bridgehead atoms. The van der Waals surface area contributed by atoms with Gasteiger partial charge in [0.25, 0.3) is 0 Å². The molecule has 3 rings (SSSR count). The van der Waals surface area contributed by atoms with Gasteiger partial charge in [-0.25, -0.2) is 9.59 Å². The molecule has 0 atom stereocenters. The number of nitrogens with zero attached hydrogens (tertiary/aromatic N) is 1. The van der Waals surface area contributed by atoms with Crippen molar-refractivity contribution in [3.63, 3.8) is 0 Å². The number of benzene rings is 1. The van der Waals surface area contributed by atoms with Crippen LogP contribution in [0.25, 0.3) is 0 Å². The summed E-state index contributed by atoms with van der Waals surface area (Å²) in [5.41, 5.74) is 2.24. The van der Waals surface area contributed by atoms with E-state index in [4.69, 9.17) is 5.11 Å². The minimum atomic E-state index is -0.932. The van der Waals surface area contributed by atoms with Crippen LogP contribution in [0.3, 0.4) is 0 Å². The van der Waals surface area contributed by atoms with Crippen LogP contribution in [0.5, 0.6) is 0 Å². The third kappa shape index (κ3) is 2.03. The molecular weight excluding hydrogens is 232 g/mol. The first-order valence-corrected chi connectivity index (χ1v) is 6.04. The molecule has 0 unspecified atom stereocenters. The van der Waals surface area contributed by atoms with Crippen LogP contribution >= 0.6 is 0 Å². The second-order valence-electron chi connectivity index (χ2n) is 4.87. The number of carbonyl (C=O) groups is 2. The molecule has 94 valence electrons. The molecule has 1 heterocycles. The maximum absolute atomic E-state index is 11.9. The van der Waals surface area contributed by atoms with Gasteiger partial charge < -0.3 is 15.3 Å². The first-order valence-electron chi connectivity index (χ1n) is 6.04. The Balaban J connectivity index is 1.73. The quantitative estimate of drug-likeness (QED) is 0.832. The first kappa shape index (κ1) is 11.1. The molecule has 2 N–H and O–H groups in total. The number of carbonyl (C=O) groups excluding carboxylic acids is 1. The number of fused-ring (bicyclic) bond motifs is 1. The Morgan fingerprint density at radius 3 is 2.61 bits per heavy atom. The Morgan fingerprint density at radius 1 is 1.22 bits per heavy atom. The Bertz CT molecular complexity index is 523. The van der Waals surface area contributed by atoms with E-state index in [1.54, 1.807) is 23.1 Å². The third-order valence-corrected chi connectivity index (χ3v) is 3.37. The van der Waals surface area contributed by atoms with E-state index in [-0.39, 0.29) is 11.6 Å². The molecule has 0 radical (unpaired) electrons. The van der Waals surface area contributed by atoms with E-state index < -0.39 is 5.97 Å². The summed E-state index contributed by atoms with van der Waals surface area (Å²) in [6.45, 7) is 1.06. The van der Waals surface area contributed by atoms with Gasteiger partial charge in [0.1, 0.15) is 0 Å². The number of urea groups is 1. The summed E-state index contributed by atoms with van der Waals surface area (Å²) in [6.07, 6.45) is 2.13. The van der Waals surface area contributed by atoms with Crippen LogP contribution in [-0.2, 0) is 13.1 Å². The van der Waals surface area contributed by atoms with E-state index in [9.17, 15) is 9.59 Å². The molecular formula is C13H14N2O3. The Morgan fingerprint density at radius 2 is 1.94 bits per heavy atom. The van der Waals surface area contributed by atoms with Crippen molar-refractivity contribution in [3.8, 4) is 0 Å². The van der Waals surface area contributed by atoms with E-state index in [2.05, 4.69) is 5.32 Å². The summed E-state index contributed by atoms with van der Waals surface area (Å²) in [5, 5.41) is 11.9. The van der Waals surface area contributed by atoms with Gasteiger partial charge in [-0.2, -0.15) is 0 Å². The van der Waals surface area contributed by atoms with Gasteiger partial charge in [0, 0.05) is 19.1 Å². The maximum atomic E-state index is 11.9. The van der Waals surface area contributed by atoms with Crippen molar-refractivity contribution >= 4 is 12.0 Å². The van der Waals surface area contributed by atoms with E-state index in [0.29, 0.717) is 19.1 Å². The van der Waals surface area contributed by atoms with Crippen molar-refractivity contribution in [3.05, 3.63) is 34.9 Å². The zero-order chi connectivity index (χ0) is 12.7. The molecule has 1 aliphatic carbocycles. The lowest BCUT2D eigenvalue weighted by atomic mass is 10.1. The van der Waals surface area contributed by atoms with Crippen LogP contribution < -0.4 is 5.32 Å². The van der Waals surface area contributed by atoms with E-state index in [1.807, 2.05) is 0 Å². The summed E-state index contributed by atoms with van der Waals surface area (Å²) in [4.78, 5) is 24.5. The Kier molecular flexibility index (Phi) is 2.47. The molecule has 0 aromatic heterocycles. The highest BCUT2D eigenvalue weighted by Gasteiger charge is 2.29. The topological polar surface area (TPSA) is 69.6 Å². The van der Waals surface area contributed by atoms with Crippen LogP contribution in [0.4, 0.5) is 4.79 Å². The highest BCUT2D eigenvalue weighted by Crippen LogP contribution is 2.25. The highest BCUT2D eigenvalue weighted by molar-refractivity contribution is 5.88. The van der Waals surface area contributed by atoms with E-state index in [0.717, 1.165) is 24.0 Å². The zero-order valence-electron chi connectivity index (χ0n) is 9.85. The van der Waals surface area contributed by atoms with Crippen molar-refractivity contribution in [2.75, 3.05) is 0 Å². The minimum Gasteiger partial charge on any atom is -0.478 e. The summed E-state index contributed by atoms with van der Waals surface area (Å²) in [5.74, 6) is -0.932. The average Bonchev–Trinajstić information content (AvgIpc) is 3.04. The van der Waals surface area contributed by atoms with Crippen molar-refractivity contribution in [2.45, 2.75) is 32.0 Å². The number of aromatic carboxylic acids is 1. The number of amides is 2. The number of hydrogen-bond acceptors (Lipinski definition) is 2. The lowest BCUT2D eigenvalue weighted by molar-refractivity contribution is 0.0696. The number of rotatable bonds is 2. The van der Waals surface area contributed by atoms with Crippen LogP contribution in [-0.4, -0.2) is 28.0 Å². The highest BCUT2D eigenvalue weighted by atomic mass is 16.4. The predicted octanol–water partition coefficient (Wildman–Crippen LogP) is 1.57. The fourth-order valence-corrected chi connectivity index (χ4v) is 2.16. The van der Waals surface area contributed by atoms with Gasteiger partial charge in [0.2, 0.25) is 0 Å². The van der Waals surface area contributed by atoms with E-state index >= 15 is 0 Å². The summed E-state index contributed by atoms with van der Waals surface area (Å²) >= 11 is 0. The monoisotopic (exact) mass is 246 g/mol. The van der Waals surface area contributed by atoms with Crippen molar-refractivity contribution in [2.24, 2.45) is 0 Å². The van der Waals surface area contributed by atoms with Crippen molar-refractivity contribution in [1.82, 2.24) is 10.2 Å². The number of carboxylic acids is 1. The Hall–Kier alpha value is -2.04. The molecule has 1 aromatic carbocycles. The molecule has 0 saturated heterocycles. The van der Waals surface area contributed by atoms with Crippen molar-refractivity contribution < 1.29 is 14.7 Å². The zero-order valence-corrected chi connectivity index (χ0v) is 9.85. The summed E-state index contributed by atoms with van der Waals surface area (Å²) in [6, 6.07) is 5.33. The SMILES string of the molecule is O=C(O)c1ccc2c(c1)CN(C(=O)NC1CC1)C2. The smallest absolute Gasteiger partial charge is 0.335 e. The Labute approximate surface area is 104 Å². The van der Waals surface area contributed by atoms with Gasteiger partial charge in [-0.15, -0.1) is 0 Å². The lowest BCUT2D eigenvalue weighted by Crippen LogP contribution is -2.37. The summed E-state index contributed by atoms with van der Waals surface area (Å²) in [7, 11) is 0. The van der Waals surface area contributed by atoms with Gasteiger partial charge in [0.15, 0.2) is 0 Å². The fraction of sp³-hybridized carbons (Fsp3) is 0.385. The van der Waals surface area contributed by atoms with Gasteiger partial charge in [0.05, 0.1) is 5.56 Å². The summed E-state index contributed by atoms with van der Waals surface area (Å²) < 4.78 is 0. The minimum absolute atomic E-state index is 0.0504. The molecule has 1 aliphatic heterocycles. The standard InChI is InChI=1S/C13H14N2O3/c16-12(17)8-1-2-9-6-15(7-10(9)5-8)13(18)14-11-3-4-11/h1-2,5,11H,3-4,6-7H2,(H,14,18)(H,16,17). The van der Waals surface area contributed by atoms with Crippen LogP contribution in [0, 0.1) is 0 Å². The molecule has 0 spiro atoms.